The van der Waals surface area contributed by atoms with Gasteiger partial charge in [-0.1, -0.05) is 15.9 Å². The quantitative estimate of drug-likeness (QED) is 0.780. The highest BCUT2D eigenvalue weighted by Gasteiger charge is 2.27. The molecule has 0 N–H and O–H groups in total. The minimum atomic E-state index is -3.36. The van der Waals surface area contributed by atoms with Crippen molar-refractivity contribution in [3.63, 3.8) is 0 Å². The lowest BCUT2D eigenvalue weighted by atomic mass is 10.3. The zero-order chi connectivity index (χ0) is 9.19. The molecular formula is C6H5BrCl2O2P+. The topological polar surface area (TPSA) is 26.3 Å². The van der Waals surface area contributed by atoms with Crippen LogP contribution in [0.15, 0.2) is 28.7 Å². The molecule has 2 nitrogen and oxygen atoms in total. The molecule has 0 aliphatic heterocycles. The van der Waals surface area contributed by atoms with E-state index in [1.54, 1.807) is 24.3 Å². The average Bonchev–Trinajstić information content (AvgIpc) is 1.91. The number of rotatable bonds is 2. The first-order valence-corrected chi connectivity index (χ1v) is 7.27. The molecule has 1 unspecified atom stereocenters. The van der Waals surface area contributed by atoms with E-state index in [9.17, 15) is 4.57 Å². The van der Waals surface area contributed by atoms with E-state index in [1.165, 1.54) is 0 Å². The average molecular weight is 291 g/mol. The summed E-state index contributed by atoms with van der Waals surface area (Å²) in [5.41, 5.74) is 0. The molecule has 0 amide bonds. The molecule has 0 radical (unpaired) electrons. The van der Waals surface area contributed by atoms with Crippen LogP contribution in [0.2, 0.25) is 0 Å². The van der Waals surface area contributed by atoms with E-state index >= 15 is 0 Å². The lowest BCUT2D eigenvalue weighted by Crippen LogP contribution is -1.82. The highest BCUT2D eigenvalue weighted by molar-refractivity contribution is 9.10. The van der Waals surface area contributed by atoms with E-state index in [4.69, 9.17) is 15.8 Å². The summed E-state index contributed by atoms with van der Waals surface area (Å²) in [6.45, 7) is 0. The van der Waals surface area contributed by atoms with Gasteiger partial charge in [0, 0.05) is 4.47 Å². The van der Waals surface area contributed by atoms with Crippen molar-refractivity contribution in [2.45, 2.75) is 0 Å². The number of hydrogen-bond donors (Lipinski definition) is 0. The summed E-state index contributed by atoms with van der Waals surface area (Å²) in [5, 5.41) is 0. The summed E-state index contributed by atoms with van der Waals surface area (Å²) in [4.78, 5) is 0. The van der Waals surface area contributed by atoms with E-state index in [-0.39, 0.29) is 0 Å². The van der Waals surface area contributed by atoms with Gasteiger partial charge in [-0.25, -0.2) is 0 Å². The lowest BCUT2D eigenvalue weighted by molar-refractivity contribution is -0.183. The van der Waals surface area contributed by atoms with Gasteiger partial charge in [0.15, 0.2) is 0 Å². The Morgan fingerprint density at radius 2 is 1.92 bits per heavy atom. The van der Waals surface area contributed by atoms with Crippen molar-refractivity contribution in [3.8, 4) is 5.75 Å². The van der Waals surface area contributed by atoms with Crippen molar-refractivity contribution in [2.75, 3.05) is 0 Å². The predicted octanol–water partition coefficient (Wildman–Crippen LogP) is 3.46. The summed E-state index contributed by atoms with van der Waals surface area (Å²) in [6, 6.07) is 6.76. The van der Waals surface area contributed by atoms with Crippen molar-refractivity contribution in [1.82, 2.24) is 0 Å². The van der Waals surface area contributed by atoms with Crippen molar-refractivity contribution < 1.29 is 20.3 Å². The molecule has 1 aromatic carbocycles. The van der Waals surface area contributed by atoms with Crippen LogP contribution in [0, 0.1) is 11.2 Å². The second-order valence-corrected chi connectivity index (χ2v) is 7.31. The van der Waals surface area contributed by atoms with Crippen LogP contribution < -0.4 is 4.52 Å². The number of benzene rings is 1. The van der Waals surface area contributed by atoms with Crippen molar-refractivity contribution >= 4 is 33.2 Å². The van der Waals surface area contributed by atoms with E-state index in [2.05, 4.69) is 27.2 Å². The van der Waals surface area contributed by atoms with Crippen LogP contribution in [0.25, 0.3) is 0 Å². The Hall–Kier alpha value is 0.310. The minimum Gasteiger partial charge on any atom is -0.390 e. The largest absolute Gasteiger partial charge is 0.612 e. The Balaban J connectivity index is 2.78. The zero-order valence-corrected chi connectivity index (χ0v) is 9.79. The summed E-state index contributed by atoms with van der Waals surface area (Å²) >= 11 is 12.9. The predicted molar refractivity (Wildman–Crippen MR) is 49.6 cm³/mol. The fraction of sp³-hybridized carbons (Fsp3) is 0. The first-order valence-electron chi connectivity index (χ1n) is 2.93. The standard InChI is InChI=1S/C6H5BrCl2O2P/c7-5-1-3-6(4-2-5)11-12(8,9)10/h1-4,8H/q+1. The third kappa shape index (κ3) is 3.81. The van der Waals surface area contributed by atoms with Crippen LogP contribution in [0.4, 0.5) is 0 Å². The fourth-order valence-electron chi connectivity index (χ4n) is 0.621. The minimum absolute atomic E-state index is 0.409. The van der Waals surface area contributed by atoms with Crippen LogP contribution in [-0.4, -0.2) is 0 Å². The van der Waals surface area contributed by atoms with Gasteiger partial charge in [-0.15, -0.1) is 0 Å². The van der Waals surface area contributed by atoms with E-state index in [1.807, 2.05) is 0 Å². The molecule has 0 bridgehead atoms. The van der Waals surface area contributed by atoms with Crippen LogP contribution >= 0.6 is 33.2 Å². The van der Waals surface area contributed by atoms with Gasteiger partial charge in [0.2, 0.25) is 11.2 Å². The molecule has 66 valence electrons. The first-order chi connectivity index (χ1) is 5.47. The highest BCUT2D eigenvalue weighted by atomic mass is 79.9. The smallest absolute Gasteiger partial charge is 0.390 e. The SMILES string of the molecule is O=P(Cl)([ClH+])Oc1ccc(Br)cc1. The molecule has 0 fully saturated rings. The molecule has 0 spiro atoms. The normalized spacial score (nSPS) is 15.2. The molecule has 1 atom stereocenters. The van der Waals surface area contributed by atoms with Crippen LogP contribution in [0.1, 0.15) is 0 Å². The second-order valence-electron chi connectivity index (χ2n) is 1.98. The zero-order valence-electron chi connectivity index (χ0n) is 5.74. The molecule has 1 aromatic rings. The fourth-order valence-corrected chi connectivity index (χ4v) is 1.76. The summed E-state index contributed by atoms with van der Waals surface area (Å²) < 4.78 is 16.5. The molecule has 0 heterocycles. The second kappa shape index (κ2) is 4.01. The monoisotopic (exact) mass is 289 g/mol. The maximum absolute atomic E-state index is 10.8. The molecule has 12 heavy (non-hydrogen) atoms. The molecule has 0 aromatic heterocycles. The Labute approximate surface area is 88.0 Å². The summed E-state index contributed by atoms with van der Waals surface area (Å²) in [5.74, 6) is 0.409. The van der Waals surface area contributed by atoms with Crippen molar-refractivity contribution in [2.24, 2.45) is 0 Å². The van der Waals surface area contributed by atoms with Crippen molar-refractivity contribution in [1.29, 1.82) is 0 Å². The third-order valence-electron chi connectivity index (χ3n) is 1.03. The van der Waals surface area contributed by atoms with E-state index < -0.39 is 6.07 Å². The summed E-state index contributed by atoms with van der Waals surface area (Å²) in [7, 11) is 0. The molecule has 0 aliphatic rings. The van der Waals surface area contributed by atoms with Gasteiger partial charge in [-0.05, 0) is 24.3 Å². The highest BCUT2D eigenvalue weighted by Crippen LogP contribution is 2.49. The molecule has 1 rings (SSSR count). The van der Waals surface area contributed by atoms with E-state index in [0.717, 1.165) is 4.47 Å². The molecule has 6 heteroatoms. The van der Waals surface area contributed by atoms with Crippen molar-refractivity contribution in [3.05, 3.63) is 28.7 Å². The Kier molecular flexibility index (Phi) is 3.47. The van der Waals surface area contributed by atoms with Crippen LogP contribution in [0.3, 0.4) is 0 Å². The Bertz CT molecular complexity index is 308. The lowest BCUT2D eigenvalue weighted by Gasteiger charge is -1.99. The van der Waals surface area contributed by atoms with Crippen LogP contribution in [-0.2, 0) is 4.57 Å². The maximum Gasteiger partial charge on any atom is 0.612 e. The molecule has 0 saturated carbocycles. The maximum atomic E-state index is 10.8. The Morgan fingerprint density at radius 1 is 1.42 bits per heavy atom. The molecule has 0 saturated heterocycles. The van der Waals surface area contributed by atoms with Gasteiger partial charge in [-0.3, -0.25) is 0 Å². The number of halogens is 3. The third-order valence-corrected chi connectivity index (χ3v) is 2.42. The first kappa shape index (κ1) is 10.4. The van der Waals surface area contributed by atoms with Gasteiger partial charge < -0.3 is 4.52 Å². The molecule has 0 aliphatic carbocycles. The van der Waals surface area contributed by atoms with Crippen LogP contribution in [0.5, 0.6) is 5.75 Å². The van der Waals surface area contributed by atoms with Gasteiger partial charge in [0.1, 0.15) is 5.75 Å². The molecular weight excluding hydrogens is 286 g/mol. The summed E-state index contributed by atoms with van der Waals surface area (Å²) in [6.07, 6.45) is -3.36. The number of hydrogen-bond acceptors (Lipinski definition) is 2. The Morgan fingerprint density at radius 3 is 2.33 bits per heavy atom. The van der Waals surface area contributed by atoms with Gasteiger partial charge in [0.05, 0.1) is 11.2 Å². The van der Waals surface area contributed by atoms with E-state index in [0.29, 0.717) is 5.75 Å². The van der Waals surface area contributed by atoms with Gasteiger partial charge in [0.25, 0.3) is 0 Å². The van der Waals surface area contributed by atoms with Gasteiger partial charge >= 0.3 is 6.07 Å². The van der Waals surface area contributed by atoms with Gasteiger partial charge in [-0.2, -0.15) is 4.57 Å².